The Bertz CT molecular complexity index is 1030. The molecular weight excluding hydrogens is 460 g/mol. The number of nitrogens with zero attached hydrogens (tertiary/aromatic N) is 2. The van der Waals surface area contributed by atoms with Crippen LogP contribution >= 0.6 is 24.0 Å². The Hall–Kier alpha value is -1.97. The average Bonchev–Trinajstić information content (AvgIpc) is 2.84. The van der Waals surface area contributed by atoms with Crippen molar-refractivity contribution in [2.24, 2.45) is 10.9 Å². The molecule has 0 radical (unpaired) electrons. The Morgan fingerprint density at radius 1 is 1.25 bits per heavy atom. The molecule has 172 valence electrons. The first-order valence-electron chi connectivity index (χ1n) is 10.7. The molecule has 1 aliphatic rings. The Balaban J connectivity index is 1.78. The summed E-state index contributed by atoms with van der Waals surface area (Å²) in [5.74, 6) is 0.304. The van der Waals surface area contributed by atoms with Gasteiger partial charge in [-0.3, -0.25) is 14.7 Å². The molecule has 6 nitrogen and oxygen atoms in total. The van der Waals surface area contributed by atoms with E-state index in [0.717, 1.165) is 42.7 Å². The molecule has 1 fully saturated rings. The van der Waals surface area contributed by atoms with Crippen molar-refractivity contribution in [1.29, 1.82) is 0 Å². The molecule has 2 atom stereocenters. The summed E-state index contributed by atoms with van der Waals surface area (Å²) in [5.41, 5.74) is 0.873. The highest BCUT2D eigenvalue weighted by Gasteiger charge is 2.45. The Kier molecular flexibility index (Phi) is 8.67. The molecule has 2 N–H and O–H groups in total. The molecule has 1 saturated carbocycles. The van der Waals surface area contributed by atoms with Crippen molar-refractivity contribution in [3.8, 4) is 0 Å². The van der Waals surface area contributed by atoms with Gasteiger partial charge in [0.15, 0.2) is 5.17 Å². The van der Waals surface area contributed by atoms with Crippen LogP contribution in [0.3, 0.4) is 0 Å². The predicted molar refractivity (Wildman–Crippen MR) is 137 cm³/mol. The predicted octanol–water partition coefficient (Wildman–Crippen LogP) is 4.14. The zero-order valence-electron chi connectivity index (χ0n) is 18.5. The van der Waals surface area contributed by atoms with Crippen LogP contribution in [-0.2, 0) is 15.4 Å². The molecular formula is C23H30N4O2S3. The number of rotatable bonds is 7. The lowest BCUT2D eigenvalue weighted by Gasteiger charge is -2.45. The normalized spacial score (nSPS) is 21.7. The van der Waals surface area contributed by atoms with Crippen LogP contribution in [0.15, 0.2) is 64.7 Å². The molecule has 0 bridgehead atoms. The minimum atomic E-state index is -3.65. The first-order chi connectivity index (χ1) is 15.4. The number of hydrogen-bond acceptors (Lipinski definition) is 6. The van der Waals surface area contributed by atoms with Crippen LogP contribution in [0.1, 0.15) is 37.7 Å². The van der Waals surface area contributed by atoms with Crippen LogP contribution in [0.2, 0.25) is 0 Å². The van der Waals surface area contributed by atoms with E-state index in [0.29, 0.717) is 17.6 Å². The maximum absolute atomic E-state index is 12.6. The van der Waals surface area contributed by atoms with Crippen molar-refractivity contribution in [2.75, 3.05) is 19.8 Å². The van der Waals surface area contributed by atoms with Gasteiger partial charge >= 0.3 is 0 Å². The third-order valence-corrected chi connectivity index (χ3v) is 8.75. The van der Waals surface area contributed by atoms with E-state index in [1.54, 1.807) is 36.5 Å². The SMILES string of the molecule is CNC(=S)[C@@]1(c2cccnc2)CCCC[C@@H]1CCN=C(NS(=O)(=O)c1ccccc1)SC. The standard InChI is InChI=1S/C23H30N4O2S3/c1-24-21(30)23(19-10-8-15-25-17-19)14-7-6-9-18(23)13-16-26-22(31-2)27-32(28,29)20-11-4-3-5-12-20/h3-5,8,10-12,15,17-18H,6-7,9,13-14,16H2,1-2H3,(H,24,30)(H,26,27)/t18-,23+/m1/s1. The zero-order valence-corrected chi connectivity index (χ0v) is 20.9. The second-order valence-corrected chi connectivity index (χ2v) is 10.7. The van der Waals surface area contributed by atoms with Crippen LogP contribution < -0.4 is 10.0 Å². The van der Waals surface area contributed by atoms with Gasteiger partial charge in [-0.15, -0.1) is 0 Å². The number of hydrogen-bond donors (Lipinski definition) is 2. The van der Waals surface area contributed by atoms with Gasteiger partial charge in [-0.25, -0.2) is 8.42 Å². The van der Waals surface area contributed by atoms with Gasteiger partial charge in [0.1, 0.15) is 0 Å². The molecule has 1 aromatic heterocycles. The highest BCUT2D eigenvalue weighted by Crippen LogP contribution is 2.46. The number of amidine groups is 1. The number of thiocarbonyl (C=S) groups is 1. The van der Waals surface area contributed by atoms with E-state index in [-0.39, 0.29) is 10.3 Å². The molecule has 0 unspecified atom stereocenters. The van der Waals surface area contributed by atoms with Gasteiger partial charge in [-0.1, -0.05) is 61.1 Å². The van der Waals surface area contributed by atoms with E-state index in [1.165, 1.54) is 11.8 Å². The van der Waals surface area contributed by atoms with Gasteiger partial charge in [0.2, 0.25) is 0 Å². The third kappa shape index (κ3) is 5.50. The number of pyridine rings is 1. The molecule has 0 aliphatic heterocycles. The average molecular weight is 491 g/mol. The lowest BCUT2D eigenvalue weighted by atomic mass is 9.61. The Morgan fingerprint density at radius 2 is 2.03 bits per heavy atom. The number of nitrogens with one attached hydrogen (secondary N) is 2. The number of likely N-dealkylation sites (N-methyl/N-ethyl adjacent to an activating group) is 1. The second kappa shape index (κ2) is 11.2. The Labute approximate surface area is 200 Å². The van der Waals surface area contributed by atoms with E-state index < -0.39 is 10.0 Å². The highest BCUT2D eigenvalue weighted by atomic mass is 32.2. The summed E-state index contributed by atoms with van der Waals surface area (Å²) < 4.78 is 27.9. The molecule has 1 heterocycles. The van der Waals surface area contributed by atoms with Crippen molar-refractivity contribution in [3.63, 3.8) is 0 Å². The zero-order chi connectivity index (χ0) is 23.0. The minimum Gasteiger partial charge on any atom is -0.382 e. The maximum atomic E-state index is 12.6. The van der Waals surface area contributed by atoms with Gasteiger partial charge < -0.3 is 5.32 Å². The molecule has 1 aliphatic carbocycles. The van der Waals surface area contributed by atoms with E-state index in [1.807, 2.05) is 25.6 Å². The quantitative estimate of drug-likeness (QED) is 0.345. The Morgan fingerprint density at radius 3 is 2.69 bits per heavy atom. The van der Waals surface area contributed by atoms with Gasteiger partial charge in [-0.2, -0.15) is 0 Å². The summed E-state index contributed by atoms with van der Waals surface area (Å²) in [6, 6.07) is 12.4. The van der Waals surface area contributed by atoms with Crippen LogP contribution in [-0.4, -0.2) is 43.4 Å². The molecule has 0 amide bonds. The molecule has 9 heteroatoms. The minimum absolute atomic E-state index is 0.226. The van der Waals surface area contributed by atoms with Crippen LogP contribution in [0.25, 0.3) is 0 Å². The summed E-state index contributed by atoms with van der Waals surface area (Å²) in [6.07, 6.45) is 10.6. The number of sulfonamides is 1. The van der Waals surface area contributed by atoms with Crippen LogP contribution in [0, 0.1) is 5.92 Å². The van der Waals surface area contributed by atoms with E-state index in [9.17, 15) is 8.42 Å². The van der Waals surface area contributed by atoms with Gasteiger partial charge in [0.25, 0.3) is 10.0 Å². The van der Waals surface area contributed by atoms with Crippen molar-refractivity contribution in [1.82, 2.24) is 15.0 Å². The summed E-state index contributed by atoms with van der Waals surface area (Å²) in [7, 11) is -1.77. The molecule has 0 saturated heterocycles. The number of aromatic nitrogens is 1. The largest absolute Gasteiger partial charge is 0.382 e. The first kappa shape index (κ1) is 24.7. The fourth-order valence-corrected chi connectivity index (χ4v) is 6.73. The van der Waals surface area contributed by atoms with Crippen LogP contribution in [0.4, 0.5) is 0 Å². The topological polar surface area (TPSA) is 83.4 Å². The molecule has 3 rings (SSSR count). The summed E-state index contributed by atoms with van der Waals surface area (Å²) in [5, 5.41) is 3.63. The van der Waals surface area contributed by atoms with Crippen molar-refractivity contribution >= 4 is 44.2 Å². The first-order valence-corrected chi connectivity index (χ1v) is 13.8. The lowest BCUT2D eigenvalue weighted by Crippen LogP contribution is -2.49. The molecule has 32 heavy (non-hydrogen) atoms. The van der Waals surface area contributed by atoms with Crippen molar-refractivity contribution in [2.45, 2.75) is 42.4 Å². The molecule has 0 spiro atoms. The fourth-order valence-electron chi connectivity index (χ4n) is 4.53. The highest BCUT2D eigenvalue weighted by molar-refractivity contribution is 8.14. The third-order valence-electron chi connectivity index (χ3n) is 6.08. The van der Waals surface area contributed by atoms with E-state index in [2.05, 4.69) is 26.1 Å². The lowest BCUT2D eigenvalue weighted by molar-refractivity contribution is 0.240. The monoisotopic (exact) mass is 490 g/mol. The van der Waals surface area contributed by atoms with Crippen LogP contribution in [0.5, 0.6) is 0 Å². The van der Waals surface area contributed by atoms with Gasteiger partial charge in [0, 0.05) is 31.4 Å². The smallest absolute Gasteiger partial charge is 0.263 e. The van der Waals surface area contributed by atoms with Gasteiger partial charge in [-0.05, 0) is 55.2 Å². The van der Waals surface area contributed by atoms with E-state index >= 15 is 0 Å². The number of benzene rings is 1. The molecule has 2 aromatic rings. The number of thioether (sulfide) groups is 1. The number of aliphatic imine (C=N–C) groups is 1. The maximum Gasteiger partial charge on any atom is 0.263 e. The second-order valence-electron chi connectivity index (χ2n) is 7.83. The molecule has 1 aromatic carbocycles. The summed E-state index contributed by atoms with van der Waals surface area (Å²) in [4.78, 5) is 10.0. The van der Waals surface area contributed by atoms with E-state index in [4.69, 9.17) is 12.2 Å². The summed E-state index contributed by atoms with van der Waals surface area (Å²) >= 11 is 7.12. The van der Waals surface area contributed by atoms with Gasteiger partial charge in [0.05, 0.1) is 9.88 Å². The fraction of sp³-hybridized carbons (Fsp3) is 0.435. The summed E-state index contributed by atoms with van der Waals surface area (Å²) in [6.45, 7) is 0.520. The van der Waals surface area contributed by atoms with Crippen molar-refractivity contribution in [3.05, 3.63) is 60.4 Å². The van der Waals surface area contributed by atoms with Crippen molar-refractivity contribution < 1.29 is 8.42 Å².